The summed E-state index contributed by atoms with van der Waals surface area (Å²) >= 11 is 0. The fourth-order valence-corrected chi connectivity index (χ4v) is 8.45. The summed E-state index contributed by atoms with van der Waals surface area (Å²) in [6.07, 6.45) is 14.9. The van der Waals surface area contributed by atoms with E-state index in [1.165, 1.54) is 76.3 Å². The van der Waals surface area contributed by atoms with Gasteiger partial charge in [0.05, 0.1) is 0 Å². The lowest BCUT2D eigenvalue weighted by atomic mass is 9.84. The summed E-state index contributed by atoms with van der Waals surface area (Å²) in [6, 6.07) is 2.44. The van der Waals surface area contributed by atoms with E-state index in [1.54, 1.807) is 0 Å². The summed E-state index contributed by atoms with van der Waals surface area (Å²) in [6.45, 7) is 16.1. The first-order valence-electron chi connectivity index (χ1n) is 12.9. The van der Waals surface area contributed by atoms with Gasteiger partial charge in [-0.15, -0.1) is 0 Å². The Balaban J connectivity index is 4.48. The van der Waals surface area contributed by atoms with Gasteiger partial charge in [0.15, 0.2) is 16.6 Å². The fourth-order valence-electron chi connectivity index (χ4n) is 4.54. The second-order valence-corrected chi connectivity index (χ2v) is 19.1. The molecule has 0 atom stereocenters. The van der Waals surface area contributed by atoms with Crippen LogP contribution in [0.15, 0.2) is 0 Å². The monoisotopic (exact) mass is 460 g/mol. The molecule has 0 aromatic heterocycles. The zero-order chi connectivity index (χ0) is 22.9. The Labute approximate surface area is 191 Å². The molecule has 0 fully saturated rings. The molecule has 0 saturated heterocycles. The largest absolute Gasteiger partial charge is 0.418 e. The molecule has 0 aliphatic carbocycles. The molecule has 0 rings (SSSR count). The molecule has 0 unspecified atom stereocenters. The molecule has 0 heterocycles. The number of nitrogens with two attached hydrogens (primary N) is 2. The standard InChI is InChI=1S/C24H56N2O2Si2/c1-7-27-29(3,4)22-16-19-24(26,20-17-23-30(5,6)28-8-2)18-14-12-10-9-11-13-15-21-25/h7-23,25-26H2,1-6H3. The highest BCUT2D eigenvalue weighted by atomic mass is 28.4. The predicted octanol–water partition coefficient (Wildman–Crippen LogP) is 6.81. The lowest BCUT2D eigenvalue weighted by molar-refractivity contribution is 0.300. The van der Waals surface area contributed by atoms with E-state index in [9.17, 15) is 0 Å². The van der Waals surface area contributed by atoms with Crippen LogP contribution >= 0.6 is 0 Å². The average molecular weight is 461 g/mol. The van der Waals surface area contributed by atoms with E-state index in [4.69, 9.17) is 20.3 Å². The molecule has 0 amide bonds. The second kappa shape index (κ2) is 16.8. The van der Waals surface area contributed by atoms with Crippen LogP contribution in [0.25, 0.3) is 0 Å². The number of hydrogen-bond acceptors (Lipinski definition) is 4. The van der Waals surface area contributed by atoms with Crippen molar-refractivity contribution in [3.8, 4) is 0 Å². The quantitative estimate of drug-likeness (QED) is 0.146. The average Bonchev–Trinajstić information content (AvgIpc) is 2.63. The predicted molar refractivity (Wildman–Crippen MR) is 139 cm³/mol. The summed E-state index contributed by atoms with van der Waals surface area (Å²) in [5.74, 6) is 0. The Hall–Kier alpha value is 0.274. The summed E-state index contributed by atoms with van der Waals surface area (Å²) in [5.41, 5.74) is 12.6. The van der Waals surface area contributed by atoms with Crippen LogP contribution in [0, 0.1) is 0 Å². The maximum atomic E-state index is 7.02. The van der Waals surface area contributed by atoms with Crippen molar-refractivity contribution in [2.24, 2.45) is 11.5 Å². The molecule has 6 heteroatoms. The van der Waals surface area contributed by atoms with E-state index in [1.807, 2.05) is 0 Å². The molecule has 30 heavy (non-hydrogen) atoms. The summed E-state index contributed by atoms with van der Waals surface area (Å²) in [4.78, 5) is 0. The van der Waals surface area contributed by atoms with Crippen LogP contribution in [0.3, 0.4) is 0 Å². The zero-order valence-corrected chi connectivity index (χ0v) is 23.5. The van der Waals surface area contributed by atoms with Crippen LogP contribution in [0.1, 0.15) is 90.9 Å². The molecule has 4 N–H and O–H groups in total. The van der Waals surface area contributed by atoms with Gasteiger partial charge in [-0.25, -0.2) is 0 Å². The summed E-state index contributed by atoms with van der Waals surface area (Å²) < 4.78 is 12.1. The Morgan fingerprint density at radius 3 is 1.37 bits per heavy atom. The lowest BCUT2D eigenvalue weighted by Crippen LogP contribution is -2.41. The summed E-state index contributed by atoms with van der Waals surface area (Å²) in [5, 5.41) is 0. The van der Waals surface area contributed by atoms with Gasteiger partial charge in [-0.2, -0.15) is 0 Å². The number of rotatable bonds is 21. The van der Waals surface area contributed by atoms with Crippen molar-refractivity contribution in [1.82, 2.24) is 0 Å². The first-order valence-corrected chi connectivity index (χ1v) is 19.1. The van der Waals surface area contributed by atoms with Gasteiger partial charge in [-0.3, -0.25) is 0 Å². The van der Waals surface area contributed by atoms with Gasteiger partial charge in [-0.1, -0.05) is 51.4 Å². The molecular formula is C24H56N2O2Si2. The van der Waals surface area contributed by atoms with E-state index in [-0.39, 0.29) is 5.54 Å². The minimum atomic E-state index is -1.51. The zero-order valence-electron chi connectivity index (χ0n) is 21.5. The Morgan fingerprint density at radius 2 is 0.967 bits per heavy atom. The molecule has 0 bridgehead atoms. The van der Waals surface area contributed by atoms with E-state index < -0.39 is 16.6 Å². The van der Waals surface area contributed by atoms with Gasteiger partial charge in [0, 0.05) is 18.8 Å². The third kappa shape index (κ3) is 16.9. The molecule has 0 aliphatic rings. The minimum absolute atomic E-state index is 0.00701. The second-order valence-electron chi connectivity index (χ2n) is 10.5. The van der Waals surface area contributed by atoms with Gasteiger partial charge in [0.25, 0.3) is 0 Å². The number of unbranched alkanes of at least 4 members (excludes halogenated alkanes) is 6. The van der Waals surface area contributed by atoms with E-state index in [0.717, 1.165) is 32.6 Å². The van der Waals surface area contributed by atoms with Crippen LogP contribution in [-0.4, -0.2) is 41.9 Å². The molecule has 0 spiro atoms. The van der Waals surface area contributed by atoms with Crippen LogP contribution in [0.2, 0.25) is 38.3 Å². The van der Waals surface area contributed by atoms with Gasteiger partial charge >= 0.3 is 0 Å². The first kappa shape index (κ1) is 30.3. The topological polar surface area (TPSA) is 70.5 Å². The van der Waals surface area contributed by atoms with Gasteiger partial charge in [-0.05, 0) is 84.4 Å². The maximum Gasteiger partial charge on any atom is 0.186 e. The molecule has 182 valence electrons. The molecule has 4 nitrogen and oxygen atoms in total. The Kier molecular flexibility index (Phi) is 17.0. The Bertz CT molecular complexity index is 383. The third-order valence-corrected chi connectivity index (χ3v) is 11.6. The highest BCUT2D eigenvalue weighted by Crippen LogP contribution is 2.29. The third-order valence-electron chi connectivity index (χ3n) is 6.36. The molecule has 0 saturated carbocycles. The highest BCUT2D eigenvalue weighted by Gasteiger charge is 2.29. The van der Waals surface area contributed by atoms with Gasteiger partial charge in [0.2, 0.25) is 0 Å². The van der Waals surface area contributed by atoms with Crippen LogP contribution in [-0.2, 0) is 8.85 Å². The van der Waals surface area contributed by atoms with Crippen molar-refractivity contribution in [2.75, 3.05) is 19.8 Å². The normalized spacial score (nSPS) is 13.2. The smallest absolute Gasteiger partial charge is 0.186 e. The molecule has 0 aromatic rings. The Morgan fingerprint density at radius 1 is 0.600 bits per heavy atom. The summed E-state index contributed by atoms with van der Waals surface area (Å²) in [7, 11) is -3.03. The van der Waals surface area contributed by atoms with Crippen molar-refractivity contribution < 1.29 is 8.85 Å². The van der Waals surface area contributed by atoms with Crippen molar-refractivity contribution >= 4 is 16.6 Å². The van der Waals surface area contributed by atoms with E-state index in [2.05, 4.69) is 40.0 Å². The van der Waals surface area contributed by atoms with Crippen LogP contribution in [0.4, 0.5) is 0 Å². The fraction of sp³-hybridized carbons (Fsp3) is 1.00. The van der Waals surface area contributed by atoms with Crippen molar-refractivity contribution in [2.45, 2.75) is 135 Å². The van der Waals surface area contributed by atoms with Crippen LogP contribution in [0.5, 0.6) is 0 Å². The van der Waals surface area contributed by atoms with Crippen LogP contribution < -0.4 is 11.5 Å². The molecular weight excluding hydrogens is 404 g/mol. The minimum Gasteiger partial charge on any atom is -0.418 e. The SMILES string of the molecule is CCO[Si](C)(C)CCCC(N)(CCCCCCCCCN)CCC[Si](C)(C)OCC. The number of hydrogen-bond donors (Lipinski definition) is 2. The van der Waals surface area contributed by atoms with Crippen molar-refractivity contribution in [3.05, 3.63) is 0 Å². The van der Waals surface area contributed by atoms with E-state index >= 15 is 0 Å². The van der Waals surface area contributed by atoms with E-state index in [0.29, 0.717) is 0 Å². The lowest BCUT2D eigenvalue weighted by Gasteiger charge is -2.32. The molecule has 0 aliphatic heterocycles. The first-order chi connectivity index (χ1) is 14.1. The maximum absolute atomic E-state index is 7.02. The molecule has 0 aromatic carbocycles. The molecule has 0 radical (unpaired) electrons. The van der Waals surface area contributed by atoms with Gasteiger partial charge in [0.1, 0.15) is 0 Å². The van der Waals surface area contributed by atoms with Crippen molar-refractivity contribution in [1.29, 1.82) is 0 Å². The van der Waals surface area contributed by atoms with Gasteiger partial charge < -0.3 is 20.3 Å². The highest BCUT2D eigenvalue weighted by molar-refractivity contribution is 6.71. The van der Waals surface area contributed by atoms with Crippen molar-refractivity contribution in [3.63, 3.8) is 0 Å².